The van der Waals surface area contributed by atoms with Gasteiger partial charge in [0, 0.05) is 17.8 Å². The third-order valence-corrected chi connectivity index (χ3v) is 3.90. The van der Waals surface area contributed by atoms with Crippen LogP contribution in [0.25, 0.3) is 10.8 Å². The fourth-order valence-corrected chi connectivity index (χ4v) is 2.70. The SMILES string of the molecule is CN1C(=O)N(c2ccc(C#N)c3ccccc23)C(=O)C1CO. The summed E-state index contributed by atoms with van der Waals surface area (Å²) in [6, 6.07) is 11.0. The zero-order chi connectivity index (χ0) is 15.9. The number of amides is 3. The lowest BCUT2D eigenvalue weighted by atomic mass is 10.0. The second kappa shape index (κ2) is 5.13. The van der Waals surface area contributed by atoms with E-state index in [1.54, 1.807) is 36.4 Å². The molecule has 0 aliphatic carbocycles. The molecule has 1 heterocycles. The number of aliphatic hydroxyl groups is 1. The molecular formula is C16H13N3O3. The molecule has 2 aromatic carbocycles. The maximum atomic E-state index is 12.4. The van der Waals surface area contributed by atoms with Crippen LogP contribution in [0.3, 0.4) is 0 Å². The molecule has 0 saturated carbocycles. The average Bonchev–Trinajstić information content (AvgIpc) is 2.76. The Kier molecular flexibility index (Phi) is 3.28. The fraction of sp³-hybridized carbons (Fsp3) is 0.188. The molecule has 110 valence electrons. The highest BCUT2D eigenvalue weighted by atomic mass is 16.3. The van der Waals surface area contributed by atoms with E-state index in [9.17, 15) is 20.0 Å². The van der Waals surface area contributed by atoms with Crippen molar-refractivity contribution in [1.29, 1.82) is 5.26 Å². The maximum absolute atomic E-state index is 12.4. The highest BCUT2D eigenvalue weighted by Gasteiger charge is 2.44. The summed E-state index contributed by atoms with van der Waals surface area (Å²) in [5.41, 5.74) is 0.901. The first-order valence-corrected chi connectivity index (χ1v) is 6.73. The summed E-state index contributed by atoms with van der Waals surface area (Å²) in [5, 5.41) is 19.8. The van der Waals surface area contributed by atoms with Crippen molar-refractivity contribution in [3.63, 3.8) is 0 Å². The zero-order valence-corrected chi connectivity index (χ0v) is 11.9. The van der Waals surface area contributed by atoms with Gasteiger partial charge in [0.15, 0.2) is 0 Å². The number of fused-ring (bicyclic) bond motifs is 1. The Hall–Kier alpha value is -2.91. The minimum atomic E-state index is -0.873. The molecule has 0 bridgehead atoms. The highest BCUT2D eigenvalue weighted by molar-refractivity contribution is 6.24. The van der Waals surface area contributed by atoms with Crippen LogP contribution < -0.4 is 4.90 Å². The number of aliphatic hydroxyl groups excluding tert-OH is 1. The zero-order valence-electron chi connectivity index (χ0n) is 11.9. The molecule has 6 nitrogen and oxygen atoms in total. The summed E-state index contributed by atoms with van der Waals surface area (Å²) in [4.78, 5) is 27.0. The molecule has 1 aliphatic heterocycles. The number of carbonyl (C=O) groups is 2. The minimum Gasteiger partial charge on any atom is -0.394 e. The number of urea groups is 1. The van der Waals surface area contributed by atoms with Gasteiger partial charge in [0.2, 0.25) is 0 Å². The van der Waals surface area contributed by atoms with Crippen LogP contribution in [-0.2, 0) is 4.79 Å². The molecule has 0 aromatic heterocycles. The maximum Gasteiger partial charge on any atom is 0.331 e. The van der Waals surface area contributed by atoms with E-state index >= 15 is 0 Å². The molecule has 1 aliphatic rings. The molecule has 3 rings (SSSR count). The van der Waals surface area contributed by atoms with Gasteiger partial charge in [0.05, 0.1) is 23.9 Å². The van der Waals surface area contributed by atoms with Crippen LogP contribution >= 0.6 is 0 Å². The van der Waals surface area contributed by atoms with Crippen molar-refractivity contribution in [2.75, 3.05) is 18.6 Å². The Morgan fingerprint density at radius 2 is 1.86 bits per heavy atom. The molecule has 0 spiro atoms. The number of rotatable bonds is 2. The van der Waals surface area contributed by atoms with Gasteiger partial charge in [-0.05, 0) is 12.1 Å². The van der Waals surface area contributed by atoms with Crippen molar-refractivity contribution < 1.29 is 14.7 Å². The van der Waals surface area contributed by atoms with Crippen molar-refractivity contribution in [3.05, 3.63) is 42.0 Å². The van der Waals surface area contributed by atoms with E-state index in [0.717, 1.165) is 4.90 Å². The van der Waals surface area contributed by atoms with Crippen molar-refractivity contribution in [1.82, 2.24) is 4.90 Å². The number of likely N-dealkylation sites (N-methyl/N-ethyl adjacent to an activating group) is 1. The summed E-state index contributed by atoms with van der Waals surface area (Å²) >= 11 is 0. The van der Waals surface area contributed by atoms with E-state index in [1.165, 1.54) is 11.9 Å². The third-order valence-electron chi connectivity index (χ3n) is 3.90. The minimum absolute atomic E-state index is 0.424. The molecule has 1 fully saturated rings. The second-order valence-corrected chi connectivity index (χ2v) is 5.06. The molecule has 1 atom stereocenters. The van der Waals surface area contributed by atoms with Crippen LogP contribution in [0, 0.1) is 11.3 Å². The van der Waals surface area contributed by atoms with Gasteiger partial charge >= 0.3 is 6.03 Å². The highest BCUT2D eigenvalue weighted by Crippen LogP contribution is 2.32. The second-order valence-electron chi connectivity index (χ2n) is 5.06. The first kappa shape index (κ1) is 14.0. The fourth-order valence-electron chi connectivity index (χ4n) is 2.70. The van der Waals surface area contributed by atoms with E-state index in [4.69, 9.17) is 0 Å². The van der Waals surface area contributed by atoms with Crippen molar-refractivity contribution in [3.8, 4) is 6.07 Å². The van der Waals surface area contributed by atoms with Crippen molar-refractivity contribution in [2.45, 2.75) is 6.04 Å². The molecule has 2 aromatic rings. The van der Waals surface area contributed by atoms with Crippen LogP contribution in [0.5, 0.6) is 0 Å². The van der Waals surface area contributed by atoms with E-state index in [1.807, 2.05) is 0 Å². The van der Waals surface area contributed by atoms with E-state index in [-0.39, 0.29) is 0 Å². The summed E-state index contributed by atoms with van der Waals surface area (Å²) in [6.45, 7) is -0.425. The number of carbonyl (C=O) groups excluding carboxylic acids is 2. The first-order chi connectivity index (χ1) is 10.6. The number of anilines is 1. The summed E-state index contributed by atoms with van der Waals surface area (Å²) in [5.74, 6) is -0.468. The first-order valence-electron chi connectivity index (χ1n) is 6.73. The standard InChI is InChI=1S/C16H13N3O3/c1-18-14(9-20)15(21)19(16(18)22)13-7-6-10(8-17)11-4-2-3-5-12(11)13/h2-7,14,20H,9H2,1H3. The lowest BCUT2D eigenvalue weighted by molar-refractivity contribution is -0.120. The van der Waals surface area contributed by atoms with Crippen LogP contribution in [0.1, 0.15) is 5.56 Å². The van der Waals surface area contributed by atoms with Gasteiger partial charge in [-0.15, -0.1) is 0 Å². The molecule has 1 unspecified atom stereocenters. The molecule has 1 N–H and O–H groups in total. The van der Waals surface area contributed by atoms with Crippen molar-refractivity contribution >= 4 is 28.4 Å². The van der Waals surface area contributed by atoms with Crippen LogP contribution in [0.15, 0.2) is 36.4 Å². The molecule has 3 amide bonds. The summed E-state index contributed by atoms with van der Waals surface area (Å²) < 4.78 is 0. The largest absolute Gasteiger partial charge is 0.394 e. The topological polar surface area (TPSA) is 84.6 Å². The lowest BCUT2D eigenvalue weighted by Crippen LogP contribution is -2.34. The number of hydrogen-bond donors (Lipinski definition) is 1. The van der Waals surface area contributed by atoms with E-state index in [2.05, 4.69) is 6.07 Å². The van der Waals surface area contributed by atoms with Gasteiger partial charge in [-0.25, -0.2) is 9.69 Å². The molecule has 1 saturated heterocycles. The predicted octanol–water partition coefficient (Wildman–Crippen LogP) is 1.47. The van der Waals surface area contributed by atoms with Crippen LogP contribution in [0.4, 0.5) is 10.5 Å². The average molecular weight is 295 g/mol. The number of nitriles is 1. The predicted molar refractivity (Wildman–Crippen MR) is 80.2 cm³/mol. The third kappa shape index (κ3) is 1.84. The Morgan fingerprint density at radius 1 is 1.18 bits per heavy atom. The quantitative estimate of drug-likeness (QED) is 0.850. The summed E-state index contributed by atoms with van der Waals surface area (Å²) in [7, 11) is 1.48. The van der Waals surface area contributed by atoms with Crippen LogP contribution in [-0.4, -0.2) is 41.6 Å². The molecular weight excluding hydrogens is 282 g/mol. The van der Waals surface area contributed by atoms with Gasteiger partial charge in [-0.2, -0.15) is 5.26 Å². The number of nitrogens with zero attached hydrogens (tertiary/aromatic N) is 3. The molecule has 0 radical (unpaired) electrons. The van der Waals surface area contributed by atoms with E-state index < -0.39 is 24.6 Å². The summed E-state index contributed by atoms with van der Waals surface area (Å²) in [6.07, 6.45) is 0. The Bertz CT molecular complexity index is 825. The Labute approximate surface area is 126 Å². The Morgan fingerprint density at radius 3 is 2.45 bits per heavy atom. The van der Waals surface area contributed by atoms with Gasteiger partial charge in [0.25, 0.3) is 5.91 Å². The number of imide groups is 1. The van der Waals surface area contributed by atoms with Gasteiger partial charge in [0.1, 0.15) is 6.04 Å². The normalized spacial score (nSPS) is 18.1. The van der Waals surface area contributed by atoms with Crippen molar-refractivity contribution in [2.24, 2.45) is 0 Å². The van der Waals surface area contributed by atoms with Gasteiger partial charge in [-0.3, -0.25) is 4.79 Å². The molecule has 22 heavy (non-hydrogen) atoms. The number of benzene rings is 2. The lowest BCUT2D eigenvalue weighted by Gasteiger charge is -2.16. The van der Waals surface area contributed by atoms with Gasteiger partial charge < -0.3 is 10.0 Å². The monoisotopic (exact) mass is 295 g/mol. The Balaban J connectivity index is 2.22. The smallest absolute Gasteiger partial charge is 0.331 e. The molecule has 6 heteroatoms. The number of hydrogen-bond acceptors (Lipinski definition) is 4. The van der Waals surface area contributed by atoms with Crippen LogP contribution in [0.2, 0.25) is 0 Å². The van der Waals surface area contributed by atoms with E-state index in [0.29, 0.717) is 22.0 Å². The van der Waals surface area contributed by atoms with Gasteiger partial charge in [-0.1, -0.05) is 24.3 Å².